The second kappa shape index (κ2) is 11.0. The van der Waals surface area contributed by atoms with E-state index in [0.717, 1.165) is 89.9 Å². The molecule has 1 aromatic carbocycles. The standard InChI is InChI=1S/C30H40N4O2/c1-23(35)31(2)27-14-20-33(21-15-27)28-9-8-25-13-19-34(30(36)29(25)11-10-28)17-5-16-32-18-12-24-6-3-4-7-26(24)22-32/h3-4,6-7,9-11,27H,5,8,12-22H2,1-2H3. The molecule has 4 aliphatic rings. The fourth-order valence-electron chi connectivity index (χ4n) is 6.14. The van der Waals surface area contributed by atoms with E-state index in [-0.39, 0.29) is 11.8 Å². The number of piperidine rings is 1. The Labute approximate surface area is 215 Å². The molecular formula is C30H40N4O2. The van der Waals surface area contributed by atoms with Gasteiger partial charge in [0, 0.05) is 77.1 Å². The van der Waals surface area contributed by atoms with Gasteiger partial charge in [-0.2, -0.15) is 0 Å². The number of benzene rings is 1. The van der Waals surface area contributed by atoms with Crippen molar-refractivity contribution in [3.05, 3.63) is 70.5 Å². The number of amides is 2. The van der Waals surface area contributed by atoms with Crippen molar-refractivity contribution in [1.29, 1.82) is 0 Å². The van der Waals surface area contributed by atoms with E-state index in [1.165, 1.54) is 22.4 Å². The topological polar surface area (TPSA) is 47.1 Å². The van der Waals surface area contributed by atoms with Gasteiger partial charge in [0.15, 0.2) is 0 Å². The van der Waals surface area contributed by atoms with Crippen LogP contribution in [0, 0.1) is 0 Å². The molecule has 3 aliphatic heterocycles. The molecule has 0 unspecified atom stereocenters. The predicted molar refractivity (Wildman–Crippen MR) is 143 cm³/mol. The number of rotatable bonds is 6. The Morgan fingerprint density at radius 3 is 2.56 bits per heavy atom. The van der Waals surface area contributed by atoms with Crippen molar-refractivity contribution in [3.8, 4) is 0 Å². The summed E-state index contributed by atoms with van der Waals surface area (Å²) in [5, 5.41) is 0. The second-order valence-corrected chi connectivity index (χ2v) is 10.7. The van der Waals surface area contributed by atoms with Crippen LogP contribution in [0.4, 0.5) is 0 Å². The number of allylic oxidation sites excluding steroid dienone is 2. The average molecular weight is 489 g/mol. The van der Waals surface area contributed by atoms with Gasteiger partial charge in [0.25, 0.3) is 5.91 Å². The molecule has 1 aliphatic carbocycles. The summed E-state index contributed by atoms with van der Waals surface area (Å²) in [6.45, 7) is 8.39. The highest BCUT2D eigenvalue weighted by molar-refractivity contribution is 5.98. The van der Waals surface area contributed by atoms with Gasteiger partial charge in [0.2, 0.25) is 5.91 Å². The number of carbonyl (C=O) groups excluding carboxylic acids is 2. The molecule has 5 rings (SSSR count). The largest absolute Gasteiger partial charge is 0.372 e. The summed E-state index contributed by atoms with van der Waals surface area (Å²) in [6.07, 6.45) is 12.5. The van der Waals surface area contributed by atoms with Crippen LogP contribution in [0.15, 0.2) is 59.3 Å². The van der Waals surface area contributed by atoms with Crippen LogP contribution in [0.1, 0.15) is 50.2 Å². The van der Waals surface area contributed by atoms with Crippen LogP contribution in [0.5, 0.6) is 0 Å². The van der Waals surface area contributed by atoms with Crippen molar-refractivity contribution in [2.24, 2.45) is 0 Å². The molecular weight excluding hydrogens is 448 g/mol. The first kappa shape index (κ1) is 24.8. The summed E-state index contributed by atoms with van der Waals surface area (Å²) in [5.41, 5.74) is 6.35. The predicted octanol–water partition coefficient (Wildman–Crippen LogP) is 3.75. The van der Waals surface area contributed by atoms with Crippen LogP contribution >= 0.6 is 0 Å². The lowest BCUT2D eigenvalue weighted by Gasteiger charge is -2.38. The van der Waals surface area contributed by atoms with Gasteiger partial charge in [0.1, 0.15) is 0 Å². The molecule has 6 nitrogen and oxygen atoms in total. The minimum Gasteiger partial charge on any atom is -0.372 e. The molecule has 0 bridgehead atoms. The molecule has 0 saturated carbocycles. The molecule has 1 saturated heterocycles. The Morgan fingerprint density at radius 1 is 1.00 bits per heavy atom. The lowest BCUT2D eigenvalue weighted by atomic mass is 9.97. The van der Waals surface area contributed by atoms with Crippen LogP contribution in [0.25, 0.3) is 0 Å². The number of fused-ring (bicyclic) bond motifs is 1. The van der Waals surface area contributed by atoms with Gasteiger partial charge >= 0.3 is 0 Å². The van der Waals surface area contributed by atoms with E-state index in [0.29, 0.717) is 6.04 Å². The third kappa shape index (κ3) is 5.44. The number of carbonyl (C=O) groups is 2. The normalized spacial score (nSPS) is 21.2. The van der Waals surface area contributed by atoms with Crippen molar-refractivity contribution < 1.29 is 9.59 Å². The Balaban J connectivity index is 1.12. The first-order chi connectivity index (χ1) is 17.5. The molecule has 1 fully saturated rings. The first-order valence-corrected chi connectivity index (χ1v) is 13.7. The summed E-state index contributed by atoms with van der Waals surface area (Å²) in [5.74, 6) is 0.344. The highest BCUT2D eigenvalue weighted by Crippen LogP contribution is 2.29. The van der Waals surface area contributed by atoms with Crippen molar-refractivity contribution in [1.82, 2.24) is 19.6 Å². The van der Waals surface area contributed by atoms with Crippen molar-refractivity contribution in [2.75, 3.05) is 46.3 Å². The lowest BCUT2D eigenvalue weighted by Crippen LogP contribution is -2.44. The van der Waals surface area contributed by atoms with Crippen LogP contribution in [0.3, 0.4) is 0 Å². The first-order valence-electron chi connectivity index (χ1n) is 13.7. The maximum absolute atomic E-state index is 13.4. The van der Waals surface area contributed by atoms with Crippen molar-refractivity contribution in [3.63, 3.8) is 0 Å². The molecule has 36 heavy (non-hydrogen) atoms. The molecule has 0 atom stereocenters. The molecule has 0 aromatic heterocycles. The molecule has 3 heterocycles. The number of nitrogens with zero attached hydrogens (tertiary/aromatic N) is 4. The van der Waals surface area contributed by atoms with Crippen LogP contribution < -0.4 is 0 Å². The zero-order valence-electron chi connectivity index (χ0n) is 21.9. The van der Waals surface area contributed by atoms with Gasteiger partial charge in [-0.3, -0.25) is 14.5 Å². The zero-order valence-corrected chi connectivity index (χ0v) is 21.9. The van der Waals surface area contributed by atoms with Crippen LogP contribution in [-0.2, 0) is 22.6 Å². The Hall–Kier alpha value is -2.86. The van der Waals surface area contributed by atoms with Gasteiger partial charge in [-0.25, -0.2) is 0 Å². The van der Waals surface area contributed by atoms with E-state index in [4.69, 9.17) is 0 Å². The zero-order chi connectivity index (χ0) is 25.1. The van der Waals surface area contributed by atoms with E-state index in [2.05, 4.69) is 57.2 Å². The fraction of sp³-hybridized carbons (Fsp3) is 0.533. The minimum atomic E-state index is 0.142. The summed E-state index contributed by atoms with van der Waals surface area (Å²) in [4.78, 5) is 34.0. The van der Waals surface area contributed by atoms with Gasteiger partial charge in [0.05, 0.1) is 0 Å². The van der Waals surface area contributed by atoms with Crippen molar-refractivity contribution in [2.45, 2.75) is 58.0 Å². The number of hydrogen-bond donors (Lipinski definition) is 0. The van der Waals surface area contributed by atoms with Gasteiger partial charge in [-0.15, -0.1) is 0 Å². The highest BCUT2D eigenvalue weighted by Gasteiger charge is 2.28. The molecule has 0 N–H and O–H groups in total. The summed E-state index contributed by atoms with van der Waals surface area (Å²) < 4.78 is 0. The summed E-state index contributed by atoms with van der Waals surface area (Å²) in [6, 6.07) is 9.10. The minimum absolute atomic E-state index is 0.142. The Morgan fingerprint density at radius 2 is 1.78 bits per heavy atom. The van der Waals surface area contributed by atoms with E-state index in [1.54, 1.807) is 6.92 Å². The van der Waals surface area contributed by atoms with E-state index in [9.17, 15) is 9.59 Å². The van der Waals surface area contributed by atoms with Gasteiger partial charge in [-0.1, -0.05) is 35.9 Å². The molecule has 0 spiro atoms. The summed E-state index contributed by atoms with van der Waals surface area (Å²) >= 11 is 0. The average Bonchev–Trinajstić information content (AvgIpc) is 3.13. The third-order valence-electron chi connectivity index (χ3n) is 8.55. The van der Waals surface area contributed by atoms with Crippen LogP contribution in [0.2, 0.25) is 0 Å². The van der Waals surface area contributed by atoms with E-state index < -0.39 is 0 Å². The van der Waals surface area contributed by atoms with Gasteiger partial charge in [-0.05, 0) is 61.8 Å². The second-order valence-electron chi connectivity index (χ2n) is 10.7. The molecule has 192 valence electrons. The molecule has 6 heteroatoms. The molecule has 2 amide bonds. The molecule has 1 aromatic rings. The number of hydrogen-bond acceptors (Lipinski definition) is 4. The SMILES string of the molecule is CC(=O)N(C)C1CCN(C2=CCC3=C(C=C2)C(=O)N(CCCN2CCc4ccccc4C2)CC3)CC1. The summed E-state index contributed by atoms with van der Waals surface area (Å²) in [7, 11) is 1.91. The monoisotopic (exact) mass is 488 g/mol. The fourth-order valence-corrected chi connectivity index (χ4v) is 6.14. The van der Waals surface area contributed by atoms with Gasteiger partial charge < -0.3 is 14.7 Å². The Bertz CT molecular complexity index is 1080. The quantitative estimate of drug-likeness (QED) is 0.612. The maximum Gasteiger partial charge on any atom is 0.253 e. The lowest BCUT2D eigenvalue weighted by molar-refractivity contribution is -0.130. The smallest absolute Gasteiger partial charge is 0.253 e. The van der Waals surface area contributed by atoms with Crippen molar-refractivity contribution >= 4 is 11.8 Å². The molecule has 0 radical (unpaired) electrons. The third-order valence-corrected chi connectivity index (χ3v) is 8.55. The Kier molecular flexibility index (Phi) is 7.61. The maximum atomic E-state index is 13.4. The van der Waals surface area contributed by atoms with E-state index in [1.807, 2.05) is 11.9 Å². The van der Waals surface area contributed by atoms with E-state index >= 15 is 0 Å². The number of likely N-dealkylation sites (tertiary alicyclic amines) is 1. The highest BCUT2D eigenvalue weighted by atomic mass is 16.2. The van der Waals surface area contributed by atoms with Crippen LogP contribution in [-0.4, -0.2) is 83.8 Å².